The highest BCUT2D eigenvalue weighted by Gasteiger charge is 2.28. The van der Waals surface area contributed by atoms with E-state index in [2.05, 4.69) is 28.4 Å². The highest BCUT2D eigenvalue weighted by molar-refractivity contribution is 7.16. The molecule has 2 fully saturated rings. The number of thiazole rings is 1. The van der Waals surface area contributed by atoms with E-state index in [4.69, 9.17) is 0 Å². The van der Waals surface area contributed by atoms with Gasteiger partial charge in [-0.2, -0.15) is 0 Å². The third-order valence-electron chi connectivity index (χ3n) is 5.56. The van der Waals surface area contributed by atoms with Crippen LogP contribution in [0.4, 0.5) is 0 Å². The van der Waals surface area contributed by atoms with Crippen LogP contribution in [-0.2, 0) is 13.6 Å². The molecule has 2 aliphatic heterocycles. The molecular formula is C18H26ClN3OS. The van der Waals surface area contributed by atoms with E-state index in [0.29, 0.717) is 0 Å². The van der Waals surface area contributed by atoms with Crippen molar-refractivity contribution in [2.75, 3.05) is 19.6 Å². The van der Waals surface area contributed by atoms with E-state index in [9.17, 15) is 4.79 Å². The molecule has 4 nitrogen and oxygen atoms in total. The summed E-state index contributed by atoms with van der Waals surface area (Å²) in [5.41, 5.74) is 2.38. The number of aryl methyl sites for hydroxylation is 1. The zero-order valence-electron chi connectivity index (χ0n) is 14.2. The molecule has 0 saturated carbocycles. The lowest BCUT2D eigenvalue weighted by atomic mass is 9.88. The average molecular weight is 368 g/mol. The van der Waals surface area contributed by atoms with Crippen molar-refractivity contribution in [3.05, 3.63) is 33.4 Å². The Kier molecular flexibility index (Phi) is 5.65. The highest BCUT2D eigenvalue weighted by atomic mass is 35.5. The summed E-state index contributed by atoms with van der Waals surface area (Å²) in [5.74, 6) is 0.871. The van der Waals surface area contributed by atoms with E-state index in [-0.39, 0.29) is 17.3 Å². The summed E-state index contributed by atoms with van der Waals surface area (Å²) < 4.78 is 2.85. The number of hydrogen-bond acceptors (Lipinski definition) is 4. The van der Waals surface area contributed by atoms with E-state index in [1.54, 1.807) is 4.57 Å². The highest BCUT2D eigenvalue weighted by Crippen LogP contribution is 2.27. The van der Waals surface area contributed by atoms with E-state index in [1.807, 2.05) is 7.05 Å². The van der Waals surface area contributed by atoms with Crippen LogP contribution >= 0.6 is 23.7 Å². The van der Waals surface area contributed by atoms with Gasteiger partial charge in [-0.15, -0.1) is 12.4 Å². The minimum absolute atomic E-state index is 0. The Hall–Kier alpha value is -0.880. The van der Waals surface area contributed by atoms with Crippen molar-refractivity contribution in [2.45, 2.75) is 38.3 Å². The van der Waals surface area contributed by atoms with Gasteiger partial charge in [-0.25, -0.2) is 0 Å². The Morgan fingerprint density at radius 2 is 2.04 bits per heavy atom. The largest absolute Gasteiger partial charge is 0.314 e. The van der Waals surface area contributed by atoms with Crippen LogP contribution in [0.15, 0.2) is 23.0 Å². The van der Waals surface area contributed by atoms with Gasteiger partial charge in [0.1, 0.15) is 0 Å². The normalized spacial score (nSPS) is 22.8. The second-order valence-electron chi connectivity index (χ2n) is 7.05. The number of benzene rings is 1. The van der Waals surface area contributed by atoms with Gasteiger partial charge in [0.15, 0.2) is 0 Å². The van der Waals surface area contributed by atoms with E-state index in [0.717, 1.165) is 28.7 Å². The first kappa shape index (κ1) is 17.9. The number of likely N-dealkylation sites (tertiary alicyclic amines) is 1. The quantitative estimate of drug-likeness (QED) is 0.906. The Balaban J connectivity index is 0.00000169. The number of nitrogens with one attached hydrogen (secondary N) is 1. The van der Waals surface area contributed by atoms with Crippen LogP contribution in [0.2, 0.25) is 0 Å². The summed E-state index contributed by atoms with van der Waals surface area (Å²) >= 11 is 1.35. The van der Waals surface area contributed by atoms with Crippen molar-refractivity contribution >= 4 is 34.0 Å². The molecule has 6 heteroatoms. The molecule has 1 N–H and O–H groups in total. The summed E-state index contributed by atoms with van der Waals surface area (Å²) in [7, 11) is 1.85. The summed E-state index contributed by atoms with van der Waals surface area (Å²) in [4.78, 5) is 14.5. The number of rotatable bonds is 3. The van der Waals surface area contributed by atoms with Crippen molar-refractivity contribution in [3.63, 3.8) is 0 Å². The van der Waals surface area contributed by atoms with E-state index in [1.165, 1.54) is 62.2 Å². The summed E-state index contributed by atoms with van der Waals surface area (Å²) in [6.07, 6.45) is 5.36. The molecule has 0 amide bonds. The maximum atomic E-state index is 11.8. The second kappa shape index (κ2) is 7.56. The predicted octanol–water partition coefficient (Wildman–Crippen LogP) is 2.99. The Morgan fingerprint density at radius 3 is 2.75 bits per heavy atom. The van der Waals surface area contributed by atoms with Crippen molar-refractivity contribution in [1.82, 2.24) is 14.8 Å². The molecule has 1 unspecified atom stereocenters. The van der Waals surface area contributed by atoms with Gasteiger partial charge in [0.2, 0.25) is 0 Å². The number of hydrogen-bond donors (Lipinski definition) is 1. The summed E-state index contributed by atoms with van der Waals surface area (Å²) in [6, 6.07) is 7.25. The third-order valence-corrected chi connectivity index (χ3v) is 6.56. The van der Waals surface area contributed by atoms with Crippen molar-refractivity contribution in [3.8, 4) is 0 Å². The number of nitrogens with zero attached hydrogens (tertiary/aromatic N) is 2. The van der Waals surface area contributed by atoms with Gasteiger partial charge in [-0.3, -0.25) is 9.69 Å². The standard InChI is InChI=1S/C18H25N3OS.ClH/c1-20-16-5-4-13(11-17(16)23-18(20)22)12-21-9-6-14(7-10-21)15-3-2-8-19-15;/h4-5,11,14-15,19H,2-3,6-10,12H2,1H3;1H. The van der Waals surface area contributed by atoms with E-state index >= 15 is 0 Å². The Bertz CT molecular complexity index is 742. The SMILES string of the molecule is Cl.Cn1c(=O)sc2cc(CN3CCC(C4CCCN4)CC3)ccc21. The average Bonchev–Trinajstić information content (AvgIpc) is 3.18. The molecule has 1 atom stereocenters. The van der Waals surface area contributed by atoms with Gasteiger partial charge in [-0.1, -0.05) is 17.4 Å². The topological polar surface area (TPSA) is 37.3 Å². The molecule has 4 rings (SSSR count). The van der Waals surface area contributed by atoms with Gasteiger partial charge in [-0.05, 0) is 68.9 Å². The zero-order chi connectivity index (χ0) is 15.8. The lowest BCUT2D eigenvalue weighted by Gasteiger charge is -2.34. The molecular weight excluding hydrogens is 342 g/mol. The Morgan fingerprint density at radius 1 is 1.25 bits per heavy atom. The molecule has 1 aromatic heterocycles. The maximum Gasteiger partial charge on any atom is 0.307 e. The maximum absolute atomic E-state index is 11.8. The number of piperidine rings is 1. The third kappa shape index (κ3) is 3.54. The van der Waals surface area contributed by atoms with Crippen molar-refractivity contribution in [1.29, 1.82) is 0 Å². The van der Waals surface area contributed by atoms with E-state index < -0.39 is 0 Å². The molecule has 0 bridgehead atoms. The Labute approximate surface area is 153 Å². The zero-order valence-corrected chi connectivity index (χ0v) is 15.8. The first-order valence-corrected chi connectivity index (χ1v) is 9.56. The lowest BCUT2D eigenvalue weighted by molar-refractivity contribution is 0.157. The first-order valence-electron chi connectivity index (χ1n) is 8.75. The molecule has 0 radical (unpaired) electrons. The molecule has 0 spiro atoms. The van der Waals surface area contributed by atoms with Crippen LogP contribution in [0, 0.1) is 5.92 Å². The number of aromatic nitrogens is 1. The second-order valence-corrected chi connectivity index (χ2v) is 8.04. The molecule has 3 heterocycles. The van der Waals surface area contributed by atoms with Crippen LogP contribution in [0.25, 0.3) is 10.2 Å². The fourth-order valence-electron chi connectivity index (χ4n) is 4.16. The fourth-order valence-corrected chi connectivity index (χ4v) is 5.11. The molecule has 2 saturated heterocycles. The van der Waals surface area contributed by atoms with Crippen LogP contribution in [0.3, 0.4) is 0 Å². The van der Waals surface area contributed by atoms with Crippen LogP contribution in [0.1, 0.15) is 31.2 Å². The molecule has 24 heavy (non-hydrogen) atoms. The van der Waals surface area contributed by atoms with Crippen LogP contribution in [0.5, 0.6) is 0 Å². The van der Waals surface area contributed by atoms with Crippen molar-refractivity contribution < 1.29 is 0 Å². The minimum Gasteiger partial charge on any atom is -0.314 e. The minimum atomic E-state index is 0. The molecule has 132 valence electrons. The summed E-state index contributed by atoms with van der Waals surface area (Å²) in [6.45, 7) is 4.62. The molecule has 0 aliphatic carbocycles. The van der Waals surface area contributed by atoms with Gasteiger partial charge in [0.05, 0.1) is 10.2 Å². The molecule has 2 aliphatic rings. The summed E-state index contributed by atoms with van der Waals surface area (Å²) in [5, 5.41) is 3.67. The molecule has 2 aromatic rings. The van der Waals surface area contributed by atoms with Crippen LogP contribution in [-0.4, -0.2) is 35.1 Å². The first-order chi connectivity index (χ1) is 11.2. The predicted molar refractivity (Wildman–Crippen MR) is 103 cm³/mol. The van der Waals surface area contributed by atoms with Crippen LogP contribution < -0.4 is 10.2 Å². The smallest absolute Gasteiger partial charge is 0.307 e. The van der Waals surface area contributed by atoms with Gasteiger partial charge in [0.25, 0.3) is 0 Å². The van der Waals surface area contributed by atoms with Gasteiger partial charge in [0, 0.05) is 19.6 Å². The van der Waals surface area contributed by atoms with Crippen molar-refractivity contribution in [2.24, 2.45) is 13.0 Å². The van der Waals surface area contributed by atoms with Gasteiger partial charge < -0.3 is 9.88 Å². The molecule has 1 aromatic carbocycles. The number of halogens is 1. The fraction of sp³-hybridized carbons (Fsp3) is 0.611. The number of fused-ring (bicyclic) bond motifs is 1. The monoisotopic (exact) mass is 367 g/mol. The van der Waals surface area contributed by atoms with Gasteiger partial charge >= 0.3 is 4.87 Å². The lowest BCUT2D eigenvalue weighted by Crippen LogP contribution is -2.40.